The first kappa shape index (κ1) is 12.2. The van der Waals surface area contributed by atoms with E-state index in [1.807, 2.05) is 6.92 Å². The zero-order chi connectivity index (χ0) is 11.6. The van der Waals surface area contributed by atoms with E-state index in [4.69, 9.17) is 5.73 Å². The van der Waals surface area contributed by atoms with Crippen LogP contribution in [0, 0.1) is 0 Å². The molecule has 1 unspecified atom stereocenters. The predicted molar refractivity (Wildman–Crippen MR) is 63.2 cm³/mol. The summed E-state index contributed by atoms with van der Waals surface area (Å²) in [5.41, 5.74) is 6.53. The molecule has 0 heterocycles. The van der Waals surface area contributed by atoms with E-state index in [-0.39, 0.29) is 17.1 Å². The Balaban J connectivity index is 3.29. The number of nitrogens with two attached hydrogens (primary N) is 1. The highest BCUT2D eigenvalue weighted by molar-refractivity contribution is 9.10. The van der Waals surface area contributed by atoms with Gasteiger partial charge in [0.1, 0.15) is 5.75 Å². The fraction of sp³-hybridized carbons (Fsp3) is 0.364. The van der Waals surface area contributed by atoms with Crippen LogP contribution in [0.3, 0.4) is 0 Å². The molecule has 1 aromatic carbocycles. The molecule has 0 spiro atoms. The van der Waals surface area contributed by atoms with E-state index >= 15 is 0 Å². The van der Waals surface area contributed by atoms with Crippen molar-refractivity contribution in [1.82, 2.24) is 0 Å². The molecular weight excluding hydrogens is 258 g/mol. The van der Waals surface area contributed by atoms with Crippen molar-refractivity contribution in [3.8, 4) is 5.75 Å². The fourth-order valence-corrected chi connectivity index (χ4v) is 1.86. The van der Waals surface area contributed by atoms with Gasteiger partial charge in [-0.25, -0.2) is 0 Å². The Hall–Kier alpha value is -0.870. The van der Waals surface area contributed by atoms with Crippen LogP contribution < -0.4 is 5.73 Å². The molecule has 0 aliphatic rings. The number of carbonyl (C=O) groups is 1. The Morgan fingerprint density at radius 3 is 2.67 bits per heavy atom. The van der Waals surface area contributed by atoms with Crippen LogP contribution in [-0.4, -0.2) is 16.9 Å². The molecule has 82 valence electrons. The number of aromatic hydroxyl groups is 1. The molecule has 1 rings (SSSR count). The second kappa shape index (κ2) is 4.77. The summed E-state index contributed by atoms with van der Waals surface area (Å²) in [4.78, 5) is 11.7. The number of hydrogen-bond donors (Lipinski definition) is 2. The monoisotopic (exact) mass is 271 g/mol. The van der Waals surface area contributed by atoms with E-state index in [9.17, 15) is 9.90 Å². The number of benzene rings is 1. The van der Waals surface area contributed by atoms with Crippen molar-refractivity contribution in [3.63, 3.8) is 0 Å². The molecule has 3 N–H and O–H groups in total. The summed E-state index contributed by atoms with van der Waals surface area (Å²) in [6.45, 7) is 3.52. The standard InChI is InChI=1S/C11H14BrNO2/c1-3-7-4-8(12)5-9(11(7)15)10(14)6(2)13/h4-6,15H,3,13H2,1-2H3. The molecule has 0 bridgehead atoms. The SMILES string of the molecule is CCc1cc(Br)cc(C(=O)C(C)N)c1O. The molecule has 0 aromatic heterocycles. The highest BCUT2D eigenvalue weighted by atomic mass is 79.9. The Kier molecular flexibility index (Phi) is 3.88. The molecule has 4 heteroatoms. The number of carbonyl (C=O) groups excluding carboxylic acids is 1. The molecule has 0 aliphatic carbocycles. The van der Waals surface area contributed by atoms with E-state index in [2.05, 4.69) is 15.9 Å². The van der Waals surface area contributed by atoms with Gasteiger partial charge in [-0.1, -0.05) is 22.9 Å². The van der Waals surface area contributed by atoms with Crippen LogP contribution in [0.25, 0.3) is 0 Å². The topological polar surface area (TPSA) is 63.3 Å². The first-order valence-corrected chi connectivity index (χ1v) is 5.57. The molecule has 1 atom stereocenters. The molecule has 0 saturated heterocycles. The van der Waals surface area contributed by atoms with Gasteiger partial charge in [-0.05, 0) is 31.0 Å². The van der Waals surface area contributed by atoms with Gasteiger partial charge in [0.2, 0.25) is 0 Å². The first-order valence-electron chi connectivity index (χ1n) is 4.78. The highest BCUT2D eigenvalue weighted by Gasteiger charge is 2.17. The van der Waals surface area contributed by atoms with E-state index in [0.717, 1.165) is 10.0 Å². The Bertz CT molecular complexity index is 388. The molecule has 0 fully saturated rings. The number of halogens is 1. The summed E-state index contributed by atoms with van der Waals surface area (Å²) in [6.07, 6.45) is 0.671. The van der Waals surface area contributed by atoms with Crippen LogP contribution in [0.15, 0.2) is 16.6 Å². The van der Waals surface area contributed by atoms with Gasteiger partial charge in [-0.2, -0.15) is 0 Å². The molecule has 0 aliphatic heterocycles. The van der Waals surface area contributed by atoms with Crippen LogP contribution in [0.5, 0.6) is 5.75 Å². The van der Waals surface area contributed by atoms with Crippen molar-refractivity contribution in [2.45, 2.75) is 26.3 Å². The van der Waals surface area contributed by atoms with Gasteiger partial charge < -0.3 is 10.8 Å². The van der Waals surface area contributed by atoms with Crippen molar-refractivity contribution >= 4 is 21.7 Å². The number of hydrogen-bond acceptors (Lipinski definition) is 3. The third-order valence-corrected chi connectivity index (χ3v) is 2.67. The number of ketones is 1. The van der Waals surface area contributed by atoms with Gasteiger partial charge in [0.05, 0.1) is 11.6 Å². The van der Waals surface area contributed by atoms with Crippen LogP contribution in [-0.2, 0) is 6.42 Å². The van der Waals surface area contributed by atoms with Crippen molar-refractivity contribution < 1.29 is 9.90 Å². The van der Waals surface area contributed by atoms with Crippen molar-refractivity contribution in [2.24, 2.45) is 5.73 Å². The first-order chi connectivity index (χ1) is 6.97. The Labute approximate surface area is 97.4 Å². The van der Waals surface area contributed by atoms with Gasteiger partial charge in [0, 0.05) is 4.47 Å². The minimum atomic E-state index is -0.602. The average molecular weight is 272 g/mol. The lowest BCUT2D eigenvalue weighted by Crippen LogP contribution is -2.26. The summed E-state index contributed by atoms with van der Waals surface area (Å²) in [7, 11) is 0. The molecule has 15 heavy (non-hydrogen) atoms. The minimum absolute atomic E-state index is 0.0444. The number of phenolic OH excluding ortho intramolecular Hbond substituents is 1. The maximum atomic E-state index is 11.7. The van der Waals surface area contributed by atoms with Crippen LogP contribution in [0.2, 0.25) is 0 Å². The maximum absolute atomic E-state index is 11.7. The van der Waals surface area contributed by atoms with E-state index in [1.54, 1.807) is 19.1 Å². The zero-order valence-electron chi connectivity index (χ0n) is 8.75. The van der Waals surface area contributed by atoms with Gasteiger partial charge >= 0.3 is 0 Å². The predicted octanol–water partition coefficient (Wildman–Crippen LogP) is 2.25. The lowest BCUT2D eigenvalue weighted by molar-refractivity contribution is 0.0965. The van der Waals surface area contributed by atoms with Crippen molar-refractivity contribution in [3.05, 3.63) is 27.7 Å². The third kappa shape index (κ3) is 2.58. The summed E-state index contributed by atoms with van der Waals surface area (Å²) in [6, 6.07) is 2.79. The van der Waals surface area contributed by atoms with Crippen molar-refractivity contribution in [2.75, 3.05) is 0 Å². The molecule has 3 nitrogen and oxygen atoms in total. The normalized spacial score (nSPS) is 12.5. The minimum Gasteiger partial charge on any atom is -0.507 e. The van der Waals surface area contributed by atoms with E-state index in [0.29, 0.717) is 6.42 Å². The largest absolute Gasteiger partial charge is 0.507 e. The molecular formula is C11H14BrNO2. The quantitative estimate of drug-likeness (QED) is 0.829. The van der Waals surface area contributed by atoms with Crippen LogP contribution >= 0.6 is 15.9 Å². The summed E-state index contributed by atoms with van der Waals surface area (Å²) < 4.78 is 0.779. The summed E-state index contributed by atoms with van der Waals surface area (Å²) in [5.74, 6) is -0.202. The molecule has 0 radical (unpaired) electrons. The van der Waals surface area contributed by atoms with Gasteiger partial charge in [0.15, 0.2) is 5.78 Å². The molecule has 0 amide bonds. The number of rotatable bonds is 3. The Morgan fingerprint density at radius 1 is 1.60 bits per heavy atom. The van der Waals surface area contributed by atoms with Gasteiger partial charge in [0.25, 0.3) is 0 Å². The second-order valence-electron chi connectivity index (χ2n) is 3.47. The highest BCUT2D eigenvalue weighted by Crippen LogP contribution is 2.28. The number of Topliss-reactive ketones (excluding diaryl/α,β-unsaturated/α-hetero) is 1. The fourth-order valence-electron chi connectivity index (χ4n) is 1.36. The molecule has 1 aromatic rings. The van der Waals surface area contributed by atoms with Gasteiger partial charge in [-0.15, -0.1) is 0 Å². The van der Waals surface area contributed by atoms with Crippen LogP contribution in [0.4, 0.5) is 0 Å². The second-order valence-corrected chi connectivity index (χ2v) is 4.38. The average Bonchev–Trinajstić information content (AvgIpc) is 2.19. The van der Waals surface area contributed by atoms with E-state index < -0.39 is 6.04 Å². The van der Waals surface area contributed by atoms with Crippen molar-refractivity contribution in [1.29, 1.82) is 0 Å². The summed E-state index contributed by atoms with van der Waals surface area (Å²) in [5, 5.41) is 9.84. The maximum Gasteiger partial charge on any atom is 0.182 e. The zero-order valence-corrected chi connectivity index (χ0v) is 10.3. The summed E-state index contributed by atoms with van der Waals surface area (Å²) >= 11 is 3.30. The smallest absolute Gasteiger partial charge is 0.182 e. The number of phenols is 1. The van der Waals surface area contributed by atoms with E-state index in [1.165, 1.54) is 0 Å². The molecule has 0 saturated carbocycles. The lowest BCUT2D eigenvalue weighted by atomic mass is 10.0. The lowest BCUT2D eigenvalue weighted by Gasteiger charge is -2.10. The third-order valence-electron chi connectivity index (χ3n) is 2.21. The Morgan fingerprint density at radius 2 is 2.20 bits per heavy atom. The van der Waals surface area contributed by atoms with Crippen LogP contribution in [0.1, 0.15) is 29.8 Å². The number of aryl methyl sites for hydroxylation is 1. The van der Waals surface area contributed by atoms with Gasteiger partial charge in [-0.3, -0.25) is 4.79 Å².